The molecule has 1 aromatic carbocycles. The molecule has 2 heterocycles. The lowest BCUT2D eigenvalue weighted by atomic mass is 10.1. The molecule has 0 aromatic heterocycles. The molecule has 2 amide bonds. The number of nitrogens with one attached hydrogen (secondary N) is 1. The second kappa shape index (κ2) is 5.85. The van der Waals surface area contributed by atoms with Gasteiger partial charge in [-0.3, -0.25) is 14.5 Å². The normalized spacial score (nSPS) is 25.1. The van der Waals surface area contributed by atoms with E-state index < -0.39 is 0 Å². The molecule has 0 radical (unpaired) electrons. The van der Waals surface area contributed by atoms with Crippen LogP contribution in [0.2, 0.25) is 0 Å². The average molecular weight is 315 g/mol. The number of piperazine rings is 1. The van der Waals surface area contributed by atoms with Gasteiger partial charge in [0, 0.05) is 25.6 Å². The van der Waals surface area contributed by atoms with Crippen LogP contribution in [0.5, 0.6) is 5.75 Å². The van der Waals surface area contributed by atoms with Crippen LogP contribution < -0.4 is 10.1 Å². The lowest BCUT2D eigenvalue weighted by Gasteiger charge is -2.40. The van der Waals surface area contributed by atoms with E-state index in [9.17, 15) is 9.59 Å². The summed E-state index contributed by atoms with van der Waals surface area (Å²) in [7, 11) is 0. The number of anilines is 1. The lowest BCUT2D eigenvalue weighted by Crippen LogP contribution is -2.58. The minimum atomic E-state index is -0.0325. The van der Waals surface area contributed by atoms with Crippen LogP contribution in [0.4, 0.5) is 5.69 Å². The van der Waals surface area contributed by atoms with Gasteiger partial charge in [0.15, 0.2) is 0 Å². The minimum Gasteiger partial charge on any atom is -0.490 e. The summed E-state index contributed by atoms with van der Waals surface area (Å²) in [5.74, 6) is 1.17. The van der Waals surface area contributed by atoms with Crippen molar-refractivity contribution in [1.29, 1.82) is 0 Å². The predicted octanol–water partition coefficient (Wildman–Crippen LogP) is 0.940. The van der Waals surface area contributed by atoms with Crippen LogP contribution in [0.1, 0.15) is 12.8 Å². The van der Waals surface area contributed by atoms with Crippen molar-refractivity contribution in [3.05, 3.63) is 24.3 Å². The summed E-state index contributed by atoms with van der Waals surface area (Å²) in [5, 5.41) is 2.91. The third-order valence-corrected chi connectivity index (χ3v) is 4.78. The molecule has 6 nitrogen and oxygen atoms in total. The Bertz CT molecular complexity index is 629. The quantitative estimate of drug-likeness (QED) is 0.838. The number of fused-ring (bicyclic) bond motifs is 2. The summed E-state index contributed by atoms with van der Waals surface area (Å²) in [6.45, 7) is 2.89. The monoisotopic (exact) mass is 315 g/mol. The zero-order valence-corrected chi connectivity index (χ0v) is 13.0. The smallest absolute Gasteiger partial charge is 0.238 e. The maximum atomic E-state index is 12.3. The third-order valence-electron chi connectivity index (χ3n) is 4.78. The first-order valence-electron chi connectivity index (χ1n) is 8.25. The maximum absolute atomic E-state index is 12.3. The van der Waals surface area contributed by atoms with Crippen LogP contribution in [0.25, 0.3) is 0 Å². The van der Waals surface area contributed by atoms with E-state index in [4.69, 9.17) is 4.74 Å². The van der Waals surface area contributed by atoms with Gasteiger partial charge in [0.1, 0.15) is 12.4 Å². The first-order chi connectivity index (χ1) is 11.2. The number of amides is 2. The minimum absolute atomic E-state index is 0.0325. The molecular weight excluding hydrogens is 294 g/mol. The van der Waals surface area contributed by atoms with Crippen molar-refractivity contribution in [2.45, 2.75) is 18.9 Å². The number of rotatable bonds is 1. The summed E-state index contributed by atoms with van der Waals surface area (Å²) in [6, 6.07) is 7.54. The maximum Gasteiger partial charge on any atom is 0.238 e. The Labute approximate surface area is 135 Å². The third kappa shape index (κ3) is 3.03. The van der Waals surface area contributed by atoms with Crippen molar-refractivity contribution in [3.8, 4) is 5.75 Å². The molecule has 0 spiro atoms. The summed E-state index contributed by atoms with van der Waals surface area (Å²) >= 11 is 0. The highest BCUT2D eigenvalue weighted by atomic mass is 16.5. The molecule has 1 saturated heterocycles. The molecule has 0 bridgehead atoms. The van der Waals surface area contributed by atoms with E-state index in [1.807, 2.05) is 29.2 Å². The van der Waals surface area contributed by atoms with Gasteiger partial charge in [-0.25, -0.2) is 0 Å². The van der Waals surface area contributed by atoms with Crippen LogP contribution in [-0.4, -0.2) is 60.4 Å². The number of hydrogen-bond acceptors (Lipinski definition) is 4. The number of carbonyl (C=O) groups excluding carboxylic acids is 2. The van der Waals surface area contributed by atoms with Crippen molar-refractivity contribution in [3.63, 3.8) is 0 Å². The highest BCUT2D eigenvalue weighted by Crippen LogP contribution is 2.32. The second-order valence-corrected chi connectivity index (χ2v) is 6.54. The number of carbonyl (C=O) groups is 2. The first-order valence-corrected chi connectivity index (χ1v) is 8.25. The Morgan fingerprint density at radius 2 is 2.04 bits per heavy atom. The van der Waals surface area contributed by atoms with Gasteiger partial charge in [0.25, 0.3) is 0 Å². The molecule has 0 unspecified atom stereocenters. The van der Waals surface area contributed by atoms with Crippen molar-refractivity contribution in [2.75, 3.05) is 38.1 Å². The van der Waals surface area contributed by atoms with Gasteiger partial charge in [-0.2, -0.15) is 0 Å². The second-order valence-electron chi connectivity index (χ2n) is 6.54. The molecule has 2 aliphatic heterocycles. The lowest BCUT2D eigenvalue weighted by molar-refractivity contribution is -0.136. The van der Waals surface area contributed by atoms with Gasteiger partial charge < -0.3 is 15.0 Å². The number of hydrogen-bond donors (Lipinski definition) is 1. The Kier molecular flexibility index (Phi) is 3.69. The topological polar surface area (TPSA) is 61.9 Å². The molecule has 1 saturated carbocycles. The Balaban J connectivity index is 1.52. The van der Waals surface area contributed by atoms with Crippen LogP contribution >= 0.6 is 0 Å². The van der Waals surface area contributed by atoms with E-state index in [-0.39, 0.29) is 23.8 Å². The molecule has 2 fully saturated rings. The van der Waals surface area contributed by atoms with Gasteiger partial charge in [-0.15, -0.1) is 0 Å². The first kappa shape index (κ1) is 14.5. The van der Waals surface area contributed by atoms with Gasteiger partial charge >= 0.3 is 0 Å². The predicted molar refractivity (Wildman–Crippen MR) is 85.2 cm³/mol. The van der Waals surface area contributed by atoms with E-state index in [1.54, 1.807) is 0 Å². The fraction of sp³-hybridized carbons (Fsp3) is 0.529. The van der Waals surface area contributed by atoms with E-state index in [1.165, 1.54) is 0 Å². The molecular formula is C17H21N3O3. The van der Waals surface area contributed by atoms with E-state index in [2.05, 4.69) is 10.2 Å². The summed E-state index contributed by atoms with van der Waals surface area (Å²) in [6.07, 6.45) is 2.05. The Morgan fingerprint density at radius 1 is 1.22 bits per heavy atom. The Morgan fingerprint density at radius 3 is 2.87 bits per heavy atom. The largest absolute Gasteiger partial charge is 0.490 e. The van der Waals surface area contributed by atoms with Gasteiger partial charge in [-0.05, 0) is 25.0 Å². The molecule has 1 N–H and O–H groups in total. The van der Waals surface area contributed by atoms with E-state index in [0.29, 0.717) is 37.7 Å². The molecule has 4 rings (SSSR count). The SMILES string of the molecule is O=C1CN2CCN(C(=O)C3CC3)C[C@@H]2COc2ccccc2N1. The summed E-state index contributed by atoms with van der Waals surface area (Å²) in [5.41, 5.74) is 0.711. The molecule has 1 aliphatic carbocycles. The van der Waals surface area contributed by atoms with Crippen molar-refractivity contribution < 1.29 is 14.3 Å². The van der Waals surface area contributed by atoms with Crippen molar-refractivity contribution >= 4 is 17.5 Å². The molecule has 23 heavy (non-hydrogen) atoms. The Hall–Kier alpha value is -2.08. The fourth-order valence-electron chi connectivity index (χ4n) is 3.30. The molecule has 1 aromatic rings. The number of para-hydroxylation sites is 2. The molecule has 1 atom stereocenters. The van der Waals surface area contributed by atoms with Crippen molar-refractivity contribution in [1.82, 2.24) is 9.80 Å². The standard InChI is InChI=1S/C17H21N3O3/c21-16-10-19-7-8-20(17(22)12-5-6-12)9-13(19)11-23-15-4-2-1-3-14(15)18-16/h1-4,12-13H,5-11H2,(H,18,21)/t13-/m1/s1. The molecule has 122 valence electrons. The number of nitrogens with zero attached hydrogens (tertiary/aromatic N) is 2. The zero-order valence-electron chi connectivity index (χ0n) is 13.0. The van der Waals surface area contributed by atoms with Crippen LogP contribution in [-0.2, 0) is 9.59 Å². The highest BCUT2D eigenvalue weighted by Gasteiger charge is 2.38. The van der Waals surface area contributed by atoms with Crippen LogP contribution in [0.15, 0.2) is 24.3 Å². The van der Waals surface area contributed by atoms with Gasteiger partial charge in [0.2, 0.25) is 11.8 Å². The molecule has 3 aliphatic rings. The number of benzene rings is 1. The highest BCUT2D eigenvalue weighted by molar-refractivity contribution is 5.93. The van der Waals surface area contributed by atoms with E-state index >= 15 is 0 Å². The van der Waals surface area contributed by atoms with Gasteiger partial charge in [-0.1, -0.05) is 12.1 Å². The average Bonchev–Trinajstić information content (AvgIpc) is 3.38. The summed E-state index contributed by atoms with van der Waals surface area (Å²) < 4.78 is 5.94. The van der Waals surface area contributed by atoms with E-state index in [0.717, 1.165) is 19.4 Å². The number of ether oxygens (including phenoxy) is 1. The van der Waals surface area contributed by atoms with Gasteiger partial charge in [0.05, 0.1) is 18.3 Å². The summed E-state index contributed by atoms with van der Waals surface area (Å²) in [4.78, 5) is 28.6. The van der Waals surface area contributed by atoms with Crippen molar-refractivity contribution in [2.24, 2.45) is 5.92 Å². The zero-order chi connectivity index (χ0) is 15.8. The fourth-order valence-corrected chi connectivity index (χ4v) is 3.30. The molecule has 6 heteroatoms. The van der Waals surface area contributed by atoms with Crippen LogP contribution in [0.3, 0.4) is 0 Å². The van der Waals surface area contributed by atoms with Crippen LogP contribution in [0, 0.1) is 5.92 Å².